The van der Waals surface area contributed by atoms with Gasteiger partial charge in [-0.1, -0.05) is 26.7 Å². The summed E-state index contributed by atoms with van der Waals surface area (Å²) in [5.41, 5.74) is 0.936. The lowest BCUT2D eigenvalue weighted by Crippen LogP contribution is -2.33. The van der Waals surface area contributed by atoms with Gasteiger partial charge in [-0.2, -0.15) is 17.8 Å². The average Bonchev–Trinajstić information content (AvgIpc) is 2.73. The van der Waals surface area contributed by atoms with Crippen molar-refractivity contribution in [1.82, 2.24) is 14.5 Å². The van der Waals surface area contributed by atoms with Gasteiger partial charge < -0.3 is 0 Å². The van der Waals surface area contributed by atoms with E-state index in [4.69, 9.17) is 0 Å². The van der Waals surface area contributed by atoms with Gasteiger partial charge in [0.2, 0.25) is 0 Å². The van der Waals surface area contributed by atoms with Gasteiger partial charge in [0.25, 0.3) is 0 Å². The highest BCUT2D eigenvalue weighted by Gasteiger charge is 2.18. The zero-order chi connectivity index (χ0) is 13.6. The first-order chi connectivity index (χ1) is 8.49. The summed E-state index contributed by atoms with van der Waals surface area (Å²) in [6.07, 6.45) is 3.66. The van der Waals surface area contributed by atoms with Crippen LogP contribution in [0.25, 0.3) is 0 Å². The van der Waals surface area contributed by atoms with Crippen molar-refractivity contribution in [3.8, 4) is 0 Å². The molecule has 2 N–H and O–H groups in total. The van der Waals surface area contributed by atoms with E-state index in [1.165, 1.54) is 4.31 Å². The number of aromatic amines is 1. The normalized spacial score (nSPS) is 12.0. The lowest BCUT2D eigenvalue weighted by Gasteiger charge is -2.16. The number of unbranched alkanes of at least 4 members (excludes halogenated alkanes) is 1. The summed E-state index contributed by atoms with van der Waals surface area (Å²) >= 11 is 0. The van der Waals surface area contributed by atoms with Crippen LogP contribution in [-0.2, 0) is 16.6 Å². The number of rotatable bonds is 8. The molecule has 0 amide bonds. The summed E-state index contributed by atoms with van der Waals surface area (Å²) in [6, 6.07) is 1.73. The largest absolute Gasteiger partial charge is 0.302 e. The molecule has 0 aliphatic carbocycles. The molecule has 1 aromatic rings. The number of aromatic nitrogens is 2. The summed E-state index contributed by atoms with van der Waals surface area (Å²) in [5, 5.41) is 6.76. The van der Waals surface area contributed by atoms with Crippen molar-refractivity contribution in [2.75, 3.05) is 18.3 Å². The van der Waals surface area contributed by atoms with Crippen LogP contribution in [0.3, 0.4) is 0 Å². The Bertz CT molecular complexity index is 455. The predicted molar refractivity (Wildman–Crippen MR) is 72.7 cm³/mol. The van der Waals surface area contributed by atoms with Gasteiger partial charge in [-0.15, -0.1) is 0 Å². The van der Waals surface area contributed by atoms with Crippen LogP contribution in [0.4, 0.5) is 5.82 Å². The Balaban J connectivity index is 2.63. The first kappa shape index (κ1) is 15.0. The summed E-state index contributed by atoms with van der Waals surface area (Å²) in [6.45, 7) is 4.60. The molecule has 7 heteroatoms. The molecule has 0 bridgehead atoms. The summed E-state index contributed by atoms with van der Waals surface area (Å²) in [5.74, 6) is 0.349. The van der Waals surface area contributed by atoms with E-state index in [0.717, 1.165) is 31.4 Å². The average molecular weight is 274 g/mol. The zero-order valence-corrected chi connectivity index (χ0v) is 12.0. The second-order valence-electron chi connectivity index (χ2n) is 4.31. The quantitative estimate of drug-likeness (QED) is 0.758. The second kappa shape index (κ2) is 6.75. The lowest BCUT2D eigenvalue weighted by atomic mass is 10.2. The van der Waals surface area contributed by atoms with Crippen molar-refractivity contribution in [3.63, 3.8) is 0 Å². The standard InChI is InChI=1S/C11H22N4O2S/c1-4-6-8-15(3)18(16,17)14-11-9-10(7-5-2)12-13-11/h9H,4-8H2,1-3H3,(H2,12,13,14). The number of hydrogen-bond donors (Lipinski definition) is 2. The lowest BCUT2D eigenvalue weighted by molar-refractivity contribution is 0.463. The number of nitrogens with one attached hydrogen (secondary N) is 2. The zero-order valence-electron chi connectivity index (χ0n) is 11.2. The summed E-state index contributed by atoms with van der Waals surface area (Å²) in [4.78, 5) is 0. The molecule has 18 heavy (non-hydrogen) atoms. The van der Waals surface area contributed by atoms with Crippen LogP contribution in [0.2, 0.25) is 0 Å². The van der Waals surface area contributed by atoms with Crippen LogP contribution in [0.1, 0.15) is 38.8 Å². The minimum absolute atomic E-state index is 0.349. The minimum Gasteiger partial charge on any atom is -0.280 e. The van der Waals surface area contributed by atoms with Crippen molar-refractivity contribution in [2.45, 2.75) is 39.5 Å². The maximum atomic E-state index is 11.9. The monoisotopic (exact) mass is 274 g/mol. The highest BCUT2D eigenvalue weighted by atomic mass is 32.2. The maximum Gasteiger partial charge on any atom is 0.302 e. The maximum absolute atomic E-state index is 11.9. The van der Waals surface area contributed by atoms with Crippen LogP contribution in [0.15, 0.2) is 6.07 Å². The van der Waals surface area contributed by atoms with E-state index in [1.807, 2.05) is 6.92 Å². The van der Waals surface area contributed by atoms with Crippen molar-refractivity contribution in [1.29, 1.82) is 0 Å². The number of aryl methyl sites for hydroxylation is 1. The fourth-order valence-corrected chi connectivity index (χ4v) is 2.42. The molecule has 1 heterocycles. The summed E-state index contributed by atoms with van der Waals surface area (Å²) in [7, 11) is -1.92. The number of H-pyrrole nitrogens is 1. The predicted octanol–water partition coefficient (Wildman–Crippen LogP) is 1.75. The molecule has 6 nitrogen and oxygen atoms in total. The molecular formula is C11H22N4O2S. The molecule has 0 unspecified atom stereocenters. The van der Waals surface area contributed by atoms with Crippen molar-refractivity contribution in [2.24, 2.45) is 0 Å². The Morgan fingerprint density at radius 1 is 1.39 bits per heavy atom. The third-order valence-corrected chi connectivity index (χ3v) is 4.09. The van der Waals surface area contributed by atoms with E-state index in [1.54, 1.807) is 13.1 Å². The van der Waals surface area contributed by atoms with Crippen molar-refractivity contribution < 1.29 is 8.42 Å². The van der Waals surface area contributed by atoms with Gasteiger partial charge in [0, 0.05) is 25.4 Å². The first-order valence-electron chi connectivity index (χ1n) is 6.28. The van der Waals surface area contributed by atoms with Crippen LogP contribution in [0.5, 0.6) is 0 Å². The smallest absolute Gasteiger partial charge is 0.280 e. The summed E-state index contributed by atoms with van der Waals surface area (Å²) < 4.78 is 27.6. The number of nitrogens with zero attached hydrogens (tertiary/aromatic N) is 2. The van der Waals surface area contributed by atoms with Gasteiger partial charge in [0.1, 0.15) is 0 Å². The third kappa shape index (κ3) is 4.30. The SMILES string of the molecule is CCCCN(C)S(=O)(=O)Nc1cc(CCC)[nH]n1. The van der Waals surface area contributed by atoms with E-state index in [2.05, 4.69) is 21.8 Å². The van der Waals surface area contributed by atoms with Crippen LogP contribution in [-0.4, -0.2) is 36.5 Å². The van der Waals surface area contributed by atoms with E-state index >= 15 is 0 Å². The Hall–Kier alpha value is -1.08. The molecule has 0 atom stereocenters. The Morgan fingerprint density at radius 2 is 2.11 bits per heavy atom. The van der Waals surface area contributed by atoms with Gasteiger partial charge in [-0.3, -0.25) is 9.82 Å². The highest BCUT2D eigenvalue weighted by Crippen LogP contribution is 2.11. The molecule has 0 aromatic carbocycles. The van der Waals surface area contributed by atoms with Crippen molar-refractivity contribution >= 4 is 16.0 Å². The van der Waals surface area contributed by atoms with Crippen LogP contribution >= 0.6 is 0 Å². The van der Waals surface area contributed by atoms with Crippen molar-refractivity contribution in [3.05, 3.63) is 11.8 Å². The molecule has 104 valence electrons. The fraction of sp³-hybridized carbons (Fsp3) is 0.727. The topological polar surface area (TPSA) is 78.1 Å². The highest BCUT2D eigenvalue weighted by molar-refractivity contribution is 7.90. The molecule has 0 fully saturated rings. The van der Waals surface area contributed by atoms with E-state index < -0.39 is 10.2 Å². The molecule has 0 aliphatic heterocycles. The van der Waals surface area contributed by atoms with Gasteiger partial charge in [0.05, 0.1) is 0 Å². The molecular weight excluding hydrogens is 252 g/mol. The fourth-order valence-electron chi connectivity index (χ4n) is 1.52. The van der Waals surface area contributed by atoms with Gasteiger partial charge in [-0.05, 0) is 12.8 Å². The molecule has 0 spiro atoms. The van der Waals surface area contributed by atoms with Crippen LogP contribution < -0.4 is 4.72 Å². The Kier molecular flexibility index (Phi) is 5.61. The van der Waals surface area contributed by atoms with Gasteiger partial charge >= 0.3 is 10.2 Å². The van der Waals surface area contributed by atoms with Gasteiger partial charge in [-0.25, -0.2) is 0 Å². The molecule has 1 aromatic heterocycles. The van der Waals surface area contributed by atoms with E-state index in [0.29, 0.717) is 12.4 Å². The molecule has 0 aliphatic rings. The van der Waals surface area contributed by atoms with Crippen LogP contribution in [0, 0.1) is 0 Å². The third-order valence-electron chi connectivity index (χ3n) is 2.62. The van der Waals surface area contributed by atoms with E-state index in [-0.39, 0.29) is 0 Å². The Labute approximate surface area is 109 Å². The molecule has 0 radical (unpaired) electrons. The number of anilines is 1. The molecule has 0 saturated carbocycles. The molecule has 1 rings (SSSR count). The first-order valence-corrected chi connectivity index (χ1v) is 7.72. The second-order valence-corrected chi connectivity index (χ2v) is 6.09. The number of hydrogen-bond acceptors (Lipinski definition) is 3. The minimum atomic E-state index is -3.49. The van der Waals surface area contributed by atoms with Gasteiger partial charge in [0.15, 0.2) is 5.82 Å². The Morgan fingerprint density at radius 3 is 2.72 bits per heavy atom. The van der Waals surface area contributed by atoms with E-state index in [9.17, 15) is 8.42 Å². The molecule has 0 saturated heterocycles.